The summed E-state index contributed by atoms with van der Waals surface area (Å²) >= 11 is -2.86. The monoisotopic (exact) mass is 388 g/mol. The molecule has 0 bridgehead atoms. The summed E-state index contributed by atoms with van der Waals surface area (Å²) in [5.41, 5.74) is 7.81. The van der Waals surface area contributed by atoms with Crippen LogP contribution in [0.4, 0.5) is 22.7 Å². The van der Waals surface area contributed by atoms with Gasteiger partial charge in [-0.05, 0) is 36.4 Å². The Labute approximate surface area is 179 Å². The van der Waals surface area contributed by atoms with E-state index in [0.29, 0.717) is 0 Å². The fourth-order valence-corrected chi connectivity index (χ4v) is 2.87. The zero-order valence-electron chi connectivity index (χ0n) is 14.3. The minimum atomic E-state index is -2.86. The molecule has 7 nitrogen and oxygen atoms in total. The van der Waals surface area contributed by atoms with Crippen molar-refractivity contribution in [2.24, 2.45) is 0 Å². The van der Waals surface area contributed by atoms with Crippen LogP contribution in [0.2, 0.25) is 0 Å². The minimum Gasteiger partial charge on any atom is -0.750 e. The number of nitrogens with zero attached hydrogens (tertiary/aromatic N) is 2. The van der Waals surface area contributed by atoms with Gasteiger partial charge in [0.15, 0.2) is 0 Å². The molecule has 0 fully saturated rings. The number of aromatic nitrogens is 2. The van der Waals surface area contributed by atoms with Crippen LogP contribution >= 0.6 is 0 Å². The van der Waals surface area contributed by atoms with E-state index in [0.717, 1.165) is 44.8 Å². The summed E-state index contributed by atoms with van der Waals surface area (Å²) in [6.45, 7) is 0. The molecule has 0 saturated carbocycles. The summed E-state index contributed by atoms with van der Waals surface area (Å²) < 4.78 is 24.1. The Bertz CT molecular complexity index is 1070. The number of hydrogen-bond acceptors (Lipinski definition) is 6. The number of rotatable bonds is 0. The molecule has 4 aromatic rings. The maximum atomic E-state index is 8.56. The van der Waals surface area contributed by atoms with Crippen molar-refractivity contribution >= 4 is 56.2 Å². The average Bonchev–Trinajstić information content (AvgIpc) is 2.62. The second-order valence-electron chi connectivity index (χ2n) is 5.61. The Hall–Kier alpha value is -2.07. The van der Waals surface area contributed by atoms with Gasteiger partial charge in [0.25, 0.3) is 0 Å². The maximum absolute atomic E-state index is 8.56. The fourth-order valence-electron chi connectivity index (χ4n) is 2.87. The molecule has 9 heteroatoms. The molecule has 2 heterocycles. The Morgan fingerprint density at radius 3 is 1.52 bits per heavy atom. The van der Waals surface area contributed by atoms with E-state index in [9.17, 15) is 0 Å². The van der Waals surface area contributed by atoms with Crippen LogP contribution in [-0.4, -0.2) is 23.3 Å². The van der Waals surface area contributed by atoms with E-state index in [1.807, 2.05) is 48.5 Å². The number of nitrogens with one attached hydrogen (secondary N) is 2. The molecule has 1 unspecified atom stereocenters. The quantitative estimate of drug-likeness (QED) is 0.206. The zero-order chi connectivity index (χ0) is 18.1. The minimum absolute atomic E-state index is 0. The van der Waals surface area contributed by atoms with Gasteiger partial charge in [-0.2, -0.15) is 0 Å². The summed E-state index contributed by atoms with van der Waals surface area (Å²) in [6, 6.07) is 20.2. The number of fused-ring (bicyclic) bond motifs is 4. The van der Waals surface area contributed by atoms with E-state index in [1.165, 1.54) is 0 Å². The first-order valence-electron chi connectivity index (χ1n) is 7.72. The number of para-hydroxylation sites is 4. The van der Waals surface area contributed by atoms with Gasteiger partial charge in [-0.15, -0.1) is 0 Å². The summed E-state index contributed by atoms with van der Waals surface area (Å²) in [6.07, 6.45) is 0. The topological polar surface area (TPSA) is 110 Å². The van der Waals surface area contributed by atoms with Crippen molar-refractivity contribution in [1.82, 2.24) is 9.97 Å². The second-order valence-corrected chi connectivity index (χ2v) is 6.05. The third-order valence-electron chi connectivity index (χ3n) is 3.94. The van der Waals surface area contributed by atoms with Crippen molar-refractivity contribution < 1.29 is 42.9 Å². The molecule has 0 saturated heterocycles. The van der Waals surface area contributed by atoms with Gasteiger partial charge in [-0.3, -0.25) is 0 Å². The normalized spacial score (nSPS) is 12.4. The molecule has 1 atom stereocenters. The molecule has 3 N–H and O–H groups in total. The van der Waals surface area contributed by atoms with E-state index in [2.05, 4.69) is 22.8 Å². The largest absolute Gasteiger partial charge is 1.00 e. The third kappa shape index (κ3) is 4.27. The molecular formula is C18H13N4NaO3S. The molecule has 27 heavy (non-hydrogen) atoms. The molecule has 5 rings (SSSR count). The van der Waals surface area contributed by atoms with Gasteiger partial charge < -0.3 is 19.7 Å². The van der Waals surface area contributed by atoms with Gasteiger partial charge in [0.2, 0.25) is 0 Å². The number of hydrogen-bond donors (Lipinski definition) is 3. The van der Waals surface area contributed by atoms with Crippen LogP contribution in [0.3, 0.4) is 0 Å². The van der Waals surface area contributed by atoms with Crippen LogP contribution in [0.5, 0.6) is 0 Å². The molecule has 0 radical (unpaired) electrons. The van der Waals surface area contributed by atoms with E-state index in [1.54, 1.807) is 0 Å². The predicted molar refractivity (Wildman–Crippen MR) is 102 cm³/mol. The first-order valence-corrected chi connectivity index (χ1v) is 8.75. The van der Waals surface area contributed by atoms with Crippen molar-refractivity contribution in [1.29, 1.82) is 0 Å². The van der Waals surface area contributed by atoms with Gasteiger partial charge in [0.05, 0.1) is 56.2 Å². The number of benzene rings is 3. The van der Waals surface area contributed by atoms with E-state index in [4.69, 9.17) is 23.3 Å². The van der Waals surface area contributed by atoms with Crippen molar-refractivity contribution in [3.05, 3.63) is 60.7 Å². The van der Waals surface area contributed by atoms with Crippen LogP contribution < -0.4 is 40.2 Å². The molecule has 1 aromatic heterocycles. The predicted octanol–water partition coefficient (Wildman–Crippen LogP) is 0.926. The Kier molecular flexibility index (Phi) is 6.05. The van der Waals surface area contributed by atoms with Crippen molar-refractivity contribution in [2.45, 2.75) is 0 Å². The number of anilines is 4. The Morgan fingerprint density at radius 2 is 1.11 bits per heavy atom. The van der Waals surface area contributed by atoms with Crippen LogP contribution in [0.15, 0.2) is 60.7 Å². The molecule has 0 amide bonds. The molecule has 1 aliphatic heterocycles. The molecule has 0 aliphatic carbocycles. The fraction of sp³-hybridized carbons (Fsp3) is 0. The summed E-state index contributed by atoms with van der Waals surface area (Å²) in [5, 5.41) is 6.90. The Balaban J connectivity index is 0.000000386. The maximum Gasteiger partial charge on any atom is 1.00 e. The van der Waals surface area contributed by atoms with Crippen molar-refractivity contribution in [3.63, 3.8) is 0 Å². The summed E-state index contributed by atoms with van der Waals surface area (Å²) in [4.78, 5) is 9.42. The first-order chi connectivity index (χ1) is 12.6. The van der Waals surface area contributed by atoms with E-state index >= 15 is 0 Å². The van der Waals surface area contributed by atoms with Crippen LogP contribution in [-0.2, 0) is 11.4 Å². The van der Waals surface area contributed by atoms with Gasteiger partial charge in [-0.1, -0.05) is 24.3 Å². The van der Waals surface area contributed by atoms with Gasteiger partial charge in [-0.25, -0.2) is 14.2 Å². The van der Waals surface area contributed by atoms with Crippen molar-refractivity contribution in [2.75, 3.05) is 10.6 Å². The smallest absolute Gasteiger partial charge is 0.750 e. The van der Waals surface area contributed by atoms with E-state index < -0.39 is 11.4 Å². The Morgan fingerprint density at radius 1 is 0.741 bits per heavy atom. The van der Waals surface area contributed by atoms with Crippen molar-refractivity contribution in [3.8, 4) is 0 Å². The van der Waals surface area contributed by atoms with Crippen LogP contribution in [0.25, 0.3) is 22.1 Å². The zero-order valence-corrected chi connectivity index (χ0v) is 17.2. The average molecular weight is 388 g/mol. The van der Waals surface area contributed by atoms with E-state index in [-0.39, 0.29) is 29.6 Å². The second kappa shape index (κ2) is 8.30. The molecule has 0 spiro atoms. The van der Waals surface area contributed by atoms with Crippen LogP contribution in [0, 0.1) is 0 Å². The standard InChI is InChI=1S/C18H12N4.Na.H2O3S/c1-2-6-12-11(5-1)19-15-9-17-18(10-16(15)20-12)22-14-8-4-3-7-13(14)21-17;;1-4(2)3/h1-10,19-20H;;(H2,1,2,3)/q;+1;/p-1. The summed E-state index contributed by atoms with van der Waals surface area (Å²) in [7, 11) is 0. The molecular weight excluding hydrogens is 375 g/mol. The summed E-state index contributed by atoms with van der Waals surface area (Å²) in [5.74, 6) is 0. The first kappa shape index (κ1) is 19.7. The van der Waals surface area contributed by atoms with Gasteiger partial charge in [0.1, 0.15) is 0 Å². The third-order valence-corrected chi connectivity index (χ3v) is 3.94. The SMILES string of the molecule is O=S([O-])O.[Na+].c1ccc2c(c1)Nc1cc3nc4ccccc4nc3cc1N2. The van der Waals surface area contributed by atoms with Gasteiger partial charge in [0, 0.05) is 0 Å². The van der Waals surface area contributed by atoms with Gasteiger partial charge >= 0.3 is 29.6 Å². The molecule has 130 valence electrons. The molecule has 1 aliphatic rings. The van der Waals surface area contributed by atoms with Crippen LogP contribution in [0.1, 0.15) is 0 Å². The molecule has 3 aromatic carbocycles.